The summed E-state index contributed by atoms with van der Waals surface area (Å²) in [6.45, 7) is 1.20. The van der Waals surface area contributed by atoms with Gasteiger partial charge in [0.15, 0.2) is 0 Å². The molecule has 1 N–H and O–H groups in total. The summed E-state index contributed by atoms with van der Waals surface area (Å²) in [5.41, 5.74) is 1.53. The molecule has 6 nitrogen and oxygen atoms in total. The molecule has 0 aliphatic carbocycles. The quantitative estimate of drug-likeness (QED) is 0.633. The first-order chi connectivity index (χ1) is 11.7. The van der Waals surface area contributed by atoms with Crippen LogP contribution in [0.4, 0.5) is 13.2 Å². The predicted molar refractivity (Wildman–Crippen MR) is 81.5 cm³/mol. The topological polar surface area (TPSA) is 77.6 Å². The number of H-pyrrole nitrogens is 1. The molecule has 0 spiro atoms. The summed E-state index contributed by atoms with van der Waals surface area (Å²) in [6.07, 6.45) is -4.52. The van der Waals surface area contributed by atoms with Crippen LogP contribution in [0.5, 0.6) is 5.75 Å². The lowest BCUT2D eigenvalue weighted by Gasteiger charge is -2.08. The summed E-state index contributed by atoms with van der Waals surface area (Å²) < 4.78 is 50.1. The number of aromatic amines is 1. The molecule has 136 valence electrons. The van der Waals surface area contributed by atoms with Crippen LogP contribution in [0, 0.1) is 6.92 Å². The van der Waals surface area contributed by atoms with E-state index in [1.165, 1.54) is 12.1 Å². The number of nitrogens with one attached hydrogen (secondary N) is 1. The van der Waals surface area contributed by atoms with Gasteiger partial charge in [0.1, 0.15) is 19.0 Å². The third kappa shape index (κ3) is 4.96. The summed E-state index contributed by atoms with van der Waals surface area (Å²) in [6, 6.07) is 4.48. The molecule has 0 aliphatic rings. The Labute approximate surface area is 140 Å². The zero-order valence-electron chi connectivity index (χ0n) is 13.5. The molecular weight excluding hydrogens is 343 g/mol. The largest absolute Gasteiger partial charge is 0.462 e. The van der Waals surface area contributed by atoms with Crippen LogP contribution in [0.15, 0.2) is 18.2 Å². The molecule has 25 heavy (non-hydrogen) atoms. The zero-order valence-corrected chi connectivity index (χ0v) is 13.5. The van der Waals surface area contributed by atoms with Crippen LogP contribution in [-0.2, 0) is 14.3 Å². The first kappa shape index (κ1) is 18.8. The second-order valence-electron chi connectivity index (χ2n) is 5.13. The lowest BCUT2D eigenvalue weighted by molar-refractivity contribution is -0.178. The van der Waals surface area contributed by atoms with Crippen molar-refractivity contribution in [2.75, 3.05) is 19.8 Å². The second-order valence-corrected chi connectivity index (χ2v) is 5.13. The fraction of sp³-hybridized carbons (Fsp3) is 0.375. The molecule has 9 heteroatoms. The van der Waals surface area contributed by atoms with Gasteiger partial charge in [0.05, 0.1) is 12.2 Å². The number of carbonyl (C=O) groups is 2. The van der Waals surface area contributed by atoms with Crippen LogP contribution in [-0.4, -0.2) is 42.9 Å². The summed E-state index contributed by atoms with van der Waals surface area (Å²) >= 11 is 0. The fourth-order valence-corrected chi connectivity index (χ4v) is 2.25. The Kier molecular flexibility index (Phi) is 5.68. The molecule has 1 heterocycles. The lowest BCUT2D eigenvalue weighted by atomic mass is 10.1. The minimum Gasteiger partial charge on any atom is -0.462 e. The van der Waals surface area contributed by atoms with Crippen LogP contribution in [0.25, 0.3) is 10.9 Å². The number of ether oxygens (including phenoxy) is 3. The van der Waals surface area contributed by atoms with Crippen LogP contribution < -0.4 is 4.74 Å². The van der Waals surface area contributed by atoms with Crippen LogP contribution in [0.2, 0.25) is 0 Å². The summed E-state index contributed by atoms with van der Waals surface area (Å²) in [7, 11) is 0. The zero-order chi connectivity index (χ0) is 18.6. The highest BCUT2D eigenvalue weighted by Crippen LogP contribution is 2.27. The van der Waals surface area contributed by atoms with Gasteiger partial charge in [0, 0.05) is 16.6 Å². The van der Waals surface area contributed by atoms with Gasteiger partial charge >= 0.3 is 18.1 Å². The van der Waals surface area contributed by atoms with Crippen molar-refractivity contribution in [2.45, 2.75) is 20.0 Å². The number of aryl methyl sites for hydroxylation is 1. The maximum Gasteiger partial charge on any atom is 0.411 e. The summed E-state index contributed by atoms with van der Waals surface area (Å²) in [5, 5.41) is 0.484. The Morgan fingerprint density at radius 3 is 2.60 bits per heavy atom. The first-order valence-corrected chi connectivity index (χ1v) is 7.36. The number of esters is 2. The van der Waals surface area contributed by atoms with Gasteiger partial charge < -0.3 is 19.2 Å². The van der Waals surface area contributed by atoms with Crippen molar-refractivity contribution in [2.24, 2.45) is 0 Å². The number of alkyl halides is 3. The number of halogens is 3. The van der Waals surface area contributed by atoms with Crippen molar-refractivity contribution >= 4 is 22.8 Å². The van der Waals surface area contributed by atoms with Crippen LogP contribution in [0.1, 0.15) is 23.0 Å². The maximum atomic E-state index is 12.0. The molecule has 0 saturated carbocycles. The number of fused-ring (bicyclic) bond motifs is 1. The lowest BCUT2D eigenvalue weighted by Crippen LogP contribution is -2.22. The van der Waals surface area contributed by atoms with Crippen molar-refractivity contribution in [3.63, 3.8) is 0 Å². The maximum absolute atomic E-state index is 12.0. The minimum absolute atomic E-state index is 0.0812. The van der Waals surface area contributed by atoms with Gasteiger partial charge in [-0.1, -0.05) is 0 Å². The Bertz CT molecular complexity index is 782. The van der Waals surface area contributed by atoms with Gasteiger partial charge in [0.2, 0.25) is 0 Å². The number of rotatable bonds is 6. The van der Waals surface area contributed by atoms with E-state index >= 15 is 0 Å². The standard InChI is InChI=1S/C16H16F3NO5/c1-3-24-15(22)14-9(2)20-12-5-4-10(6-11(12)14)25-13(21)7-23-8-16(17,18)19/h4-6,20H,3,7-8H2,1-2H3. The van der Waals surface area contributed by atoms with E-state index in [0.717, 1.165) is 0 Å². The van der Waals surface area contributed by atoms with E-state index in [1.54, 1.807) is 19.9 Å². The van der Waals surface area contributed by atoms with E-state index in [1.807, 2.05) is 0 Å². The molecule has 2 rings (SSSR count). The van der Waals surface area contributed by atoms with Crippen LogP contribution in [0.3, 0.4) is 0 Å². The molecule has 0 aliphatic heterocycles. The normalized spacial score (nSPS) is 11.6. The van der Waals surface area contributed by atoms with Gasteiger partial charge in [0.25, 0.3) is 0 Å². The van der Waals surface area contributed by atoms with E-state index in [9.17, 15) is 22.8 Å². The highest BCUT2D eigenvalue weighted by atomic mass is 19.4. The molecule has 1 aromatic heterocycles. The summed E-state index contributed by atoms with van der Waals surface area (Å²) in [4.78, 5) is 26.6. The Morgan fingerprint density at radius 1 is 1.24 bits per heavy atom. The highest BCUT2D eigenvalue weighted by Gasteiger charge is 2.28. The van der Waals surface area contributed by atoms with Gasteiger partial charge in [-0.05, 0) is 32.0 Å². The average Bonchev–Trinajstić information content (AvgIpc) is 2.81. The molecular formula is C16H16F3NO5. The van der Waals surface area contributed by atoms with Gasteiger partial charge in [-0.15, -0.1) is 0 Å². The molecule has 0 bridgehead atoms. The highest BCUT2D eigenvalue weighted by molar-refractivity contribution is 6.06. The smallest absolute Gasteiger partial charge is 0.411 e. The molecule has 2 aromatic rings. The number of hydrogen-bond acceptors (Lipinski definition) is 5. The van der Waals surface area contributed by atoms with E-state index in [2.05, 4.69) is 9.72 Å². The number of carbonyl (C=O) groups excluding carboxylic acids is 2. The van der Waals surface area contributed by atoms with Crippen molar-refractivity contribution in [3.05, 3.63) is 29.5 Å². The number of benzene rings is 1. The minimum atomic E-state index is -4.52. The summed E-state index contributed by atoms with van der Waals surface area (Å²) in [5.74, 6) is -1.42. The monoisotopic (exact) mass is 359 g/mol. The molecule has 0 radical (unpaired) electrons. The van der Waals surface area contributed by atoms with E-state index in [4.69, 9.17) is 9.47 Å². The van der Waals surface area contributed by atoms with Crippen molar-refractivity contribution in [3.8, 4) is 5.75 Å². The molecule has 0 amide bonds. The average molecular weight is 359 g/mol. The molecule has 0 unspecified atom stereocenters. The van der Waals surface area contributed by atoms with Gasteiger partial charge in [-0.25, -0.2) is 9.59 Å². The van der Waals surface area contributed by atoms with Crippen molar-refractivity contribution < 1.29 is 37.0 Å². The SMILES string of the molecule is CCOC(=O)c1c(C)[nH]c2ccc(OC(=O)COCC(F)(F)F)cc12. The molecule has 0 atom stereocenters. The van der Waals surface area contributed by atoms with Gasteiger partial charge in [-0.2, -0.15) is 13.2 Å². The molecule has 1 aromatic carbocycles. The van der Waals surface area contributed by atoms with Crippen molar-refractivity contribution in [1.82, 2.24) is 4.98 Å². The van der Waals surface area contributed by atoms with Crippen LogP contribution >= 0.6 is 0 Å². The Balaban J connectivity index is 2.13. The number of aromatic nitrogens is 1. The van der Waals surface area contributed by atoms with E-state index < -0.39 is 31.3 Å². The van der Waals surface area contributed by atoms with Gasteiger partial charge in [-0.3, -0.25) is 0 Å². The third-order valence-electron chi connectivity index (χ3n) is 3.15. The Hall–Kier alpha value is -2.55. The predicted octanol–water partition coefficient (Wildman–Crippen LogP) is 3.14. The third-order valence-corrected chi connectivity index (χ3v) is 3.15. The fourth-order valence-electron chi connectivity index (χ4n) is 2.25. The van der Waals surface area contributed by atoms with E-state index in [-0.39, 0.29) is 12.4 Å². The Morgan fingerprint density at radius 2 is 1.96 bits per heavy atom. The molecule has 0 saturated heterocycles. The molecule has 0 fully saturated rings. The number of hydrogen-bond donors (Lipinski definition) is 1. The second kappa shape index (κ2) is 7.56. The van der Waals surface area contributed by atoms with E-state index in [0.29, 0.717) is 22.2 Å². The van der Waals surface area contributed by atoms with Crippen molar-refractivity contribution in [1.29, 1.82) is 0 Å². The first-order valence-electron chi connectivity index (χ1n) is 7.36.